The first-order valence-electron chi connectivity index (χ1n) is 13.7. The molecular formula is C32H37ClN4O4. The van der Waals surface area contributed by atoms with Crippen LogP contribution in [-0.2, 0) is 10.4 Å². The maximum atomic E-state index is 13.8. The lowest BCUT2D eigenvalue weighted by Crippen LogP contribution is -2.60. The summed E-state index contributed by atoms with van der Waals surface area (Å²) in [5.41, 5.74) is 6.63. The fraction of sp³-hybridized carbons (Fsp3) is 0.344. The molecule has 2 atom stereocenters. The van der Waals surface area contributed by atoms with E-state index in [2.05, 4.69) is 10.6 Å². The number of hydrogen-bond acceptors (Lipinski definition) is 4. The van der Waals surface area contributed by atoms with Gasteiger partial charge in [0.25, 0.3) is 5.91 Å². The first-order chi connectivity index (χ1) is 19.3. The van der Waals surface area contributed by atoms with Crippen molar-refractivity contribution in [3.8, 4) is 11.1 Å². The van der Waals surface area contributed by atoms with Gasteiger partial charge in [-0.25, -0.2) is 4.79 Å². The van der Waals surface area contributed by atoms with Gasteiger partial charge in [-0.3, -0.25) is 9.59 Å². The molecule has 0 radical (unpaired) electrons. The van der Waals surface area contributed by atoms with Crippen LogP contribution in [0.25, 0.3) is 11.1 Å². The molecule has 5 N–H and O–H groups in total. The topological polar surface area (TPSA) is 125 Å². The molecule has 1 saturated heterocycles. The highest BCUT2D eigenvalue weighted by Crippen LogP contribution is 2.46. The summed E-state index contributed by atoms with van der Waals surface area (Å²) in [5.74, 6) is -0.741. The summed E-state index contributed by atoms with van der Waals surface area (Å²) in [6, 6.07) is 19.9. The summed E-state index contributed by atoms with van der Waals surface area (Å²) < 4.78 is 0. The Morgan fingerprint density at radius 2 is 1.68 bits per heavy atom. The van der Waals surface area contributed by atoms with Crippen molar-refractivity contribution in [3.63, 3.8) is 0 Å². The average molecular weight is 577 g/mol. The summed E-state index contributed by atoms with van der Waals surface area (Å²) in [5, 5.41) is 17.9. The van der Waals surface area contributed by atoms with E-state index < -0.39 is 23.1 Å². The Kier molecular flexibility index (Phi) is 8.75. The minimum atomic E-state index is -1.13. The minimum Gasteiger partial charge on any atom is -0.384 e. The third-order valence-corrected chi connectivity index (χ3v) is 8.17. The Morgan fingerprint density at radius 1 is 1.00 bits per heavy atom. The Balaban J connectivity index is 1.52. The smallest absolute Gasteiger partial charge is 0.316 e. The number of benzene rings is 3. The molecule has 4 amide bonds. The van der Waals surface area contributed by atoms with Gasteiger partial charge in [-0.15, -0.1) is 0 Å². The van der Waals surface area contributed by atoms with Crippen LogP contribution in [0.5, 0.6) is 0 Å². The molecule has 1 heterocycles. The first-order valence-corrected chi connectivity index (χ1v) is 14.0. The van der Waals surface area contributed by atoms with Crippen LogP contribution in [0.15, 0.2) is 72.8 Å². The second-order valence-electron chi connectivity index (χ2n) is 11.6. The van der Waals surface area contributed by atoms with Crippen LogP contribution in [-0.4, -0.2) is 47.0 Å². The number of amides is 4. The summed E-state index contributed by atoms with van der Waals surface area (Å²) >= 11 is 6.06. The number of nitrogens with two attached hydrogens (primary N) is 1. The van der Waals surface area contributed by atoms with Crippen molar-refractivity contribution in [1.29, 1.82) is 0 Å². The van der Waals surface area contributed by atoms with E-state index in [1.54, 1.807) is 47.4 Å². The molecule has 0 bridgehead atoms. The van der Waals surface area contributed by atoms with E-state index in [4.69, 9.17) is 17.3 Å². The number of nitrogens with one attached hydrogen (secondary N) is 2. The number of carbonyl (C=O) groups excluding carboxylic acids is 3. The van der Waals surface area contributed by atoms with E-state index in [-0.39, 0.29) is 17.7 Å². The van der Waals surface area contributed by atoms with Gasteiger partial charge in [-0.05, 0) is 53.8 Å². The third kappa shape index (κ3) is 6.39. The van der Waals surface area contributed by atoms with Crippen molar-refractivity contribution in [2.45, 2.75) is 45.8 Å². The second kappa shape index (κ2) is 11.9. The van der Waals surface area contributed by atoms with Gasteiger partial charge >= 0.3 is 6.03 Å². The number of primary amides is 1. The van der Waals surface area contributed by atoms with Gasteiger partial charge < -0.3 is 26.4 Å². The Bertz CT molecular complexity index is 1440. The molecule has 0 aliphatic carbocycles. The van der Waals surface area contributed by atoms with E-state index in [1.807, 2.05) is 58.0 Å². The zero-order valence-electron chi connectivity index (χ0n) is 23.8. The number of para-hydroxylation sites is 1. The lowest BCUT2D eigenvalue weighted by Gasteiger charge is -2.51. The predicted molar refractivity (Wildman–Crippen MR) is 162 cm³/mol. The van der Waals surface area contributed by atoms with E-state index >= 15 is 0 Å². The zero-order valence-corrected chi connectivity index (χ0v) is 24.5. The van der Waals surface area contributed by atoms with Crippen molar-refractivity contribution < 1.29 is 19.5 Å². The highest BCUT2D eigenvalue weighted by molar-refractivity contribution is 6.30. The maximum absolute atomic E-state index is 13.8. The molecule has 0 saturated carbocycles. The monoisotopic (exact) mass is 576 g/mol. The number of anilines is 1. The molecule has 8 nitrogen and oxygen atoms in total. The summed E-state index contributed by atoms with van der Waals surface area (Å²) in [6.45, 7) is 8.35. The molecule has 1 aliphatic heterocycles. The number of urea groups is 1. The standard InChI is InChI=1S/C32H37ClN4O4/c1-20(2)27(29(39)37-17-16-32(41,31(3,4)19-37)23-12-14-24(33)15-13-23)36-28(38)22-9-7-8-21(18-22)25-10-5-6-11-26(25)35-30(34)40/h5-15,18,20,27,41H,16-17,19H2,1-4H3,(H,36,38)(H3,34,35,40). The Labute approximate surface area is 245 Å². The van der Waals surface area contributed by atoms with Crippen molar-refractivity contribution in [3.05, 3.63) is 88.9 Å². The molecule has 216 valence electrons. The predicted octanol–water partition coefficient (Wildman–Crippen LogP) is 5.40. The number of piperidine rings is 1. The third-order valence-electron chi connectivity index (χ3n) is 7.92. The van der Waals surface area contributed by atoms with Crippen LogP contribution in [0.3, 0.4) is 0 Å². The molecule has 0 spiro atoms. The van der Waals surface area contributed by atoms with Gasteiger partial charge in [-0.2, -0.15) is 0 Å². The molecule has 3 aromatic carbocycles. The first kappa shape index (κ1) is 30.1. The van der Waals surface area contributed by atoms with E-state index in [0.29, 0.717) is 46.9 Å². The molecule has 1 fully saturated rings. The van der Waals surface area contributed by atoms with Gasteiger partial charge in [0.1, 0.15) is 6.04 Å². The number of likely N-dealkylation sites (tertiary alicyclic amines) is 1. The van der Waals surface area contributed by atoms with Crippen molar-refractivity contribution in [1.82, 2.24) is 10.2 Å². The highest BCUT2D eigenvalue weighted by Gasteiger charge is 2.50. The van der Waals surface area contributed by atoms with Crippen LogP contribution >= 0.6 is 11.6 Å². The molecule has 2 unspecified atom stereocenters. The average Bonchev–Trinajstić information content (AvgIpc) is 2.93. The van der Waals surface area contributed by atoms with Crippen LogP contribution < -0.4 is 16.4 Å². The molecular weight excluding hydrogens is 540 g/mol. The van der Waals surface area contributed by atoms with E-state index in [1.165, 1.54) is 0 Å². The van der Waals surface area contributed by atoms with E-state index in [9.17, 15) is 19.5 Å². The number of nitrogens with zero attached hydrogens (tertiary/aromatic N) is 1. The van der Waals surface area contributed by atoms with Crippen LogP contribution in [0.2, 0.25) is 5.02 Å². The van der Waals surface area contributed by atoms with Gasteiger partial charge in [0.15, 0.2) is 0 Å². The van der Waals surface area contributed by atoms with Crippen LogP contribution in [0, 0.1) is 11.3 Å². The molecule has 4 rings (SSSR count). The summed E-state index contributed by atoms with van der Waals surface area (Å²) in [4.78, 5) is 40.4. The molecule has 3 aromatic rings. The van der Waals surface area contributed by atoms with Gasteiger partial charge in [0.05, 0.1) is 11.3 Å². The fourth-order valence-electron chi connectivity index (χ4n) is 5.51. The Hall–Kier alpha value is -3.88. The molecule has 0 aromatic heterocycles. The number of halogens is 1. The van der Waals surface area contributed by atoms with Gasteiger partial charge in [0.2, 0.25) is 5.91 Å². The van der Waals surface area contributed by atoms with Crippen LogP contribution in [0.4, 0.5) is 10.5 Å². The quantitative estimate of drug-likeness (QED) is 0.300. The summed E-state index contributed by atoms with van der Waals surface area (Å²) in [7, 11) is 0. The summed E-state index contributed by atoms with van der Waals surface area (Å²) in [6.07, 6.45) is 0.354. The zero-order chi connectivity index (χ0) is 29.9. The van der Waals surface area contributed by atoms with Crippen LogP contribution in [0.1, 0.15) is 50.0 Å². The van der Waals surface area contributed by atoms with Crippen molar-refractivity contribution >= 4 is 35.1 Å². The number of rotatable bonds is 7. The largest absolute Gasteiger partial charge is 0.384 e. The lowest BCUT2D eigenvalue weighted by molar-refractivity contribution is -0.155. The van der Waals surface area contributed by atoms with Gasteiger partial charge in [0, 0.05) is 34.7 Å². The molecule has 1 aliphatic rings. The lowest BCUT2D eigenvalue weighted by atomic mass is 9.66. The minimum absolute atomic E-state index is 0.171. The van der Waals surface area contributed by atoms with Crippen molar-refractivity contribution in [2.24, 2.45) is 17.1 Å². The second-order valence-corrected chi connectivity index (χ2v) is 12.0. The fourth-order valence-corrected chi connectivity index (χ4v) is 5.64. The SMILES string of the molecule is CC(C)C(NC(=O)c1cccc(-c2ccccc2NC(N)=O)c1)C(=O)N1CCC(O)(c2ccc(Cl)cc2)C(C)(C)C1. The van der Waals surface area contributed by atoms with E-state index in [0.717, 1.165) is 5.56 Å². The molecule has 41 heavy (non-hydrogen) atoms. The number of aliphatic hydroxyl groups is 1. The normalized spacial score (nSPS) is 19.0. The highest BCUT2D eigenvalue weighted by atomic mass is 35.5. The number of carbonyl (C=O) groups is 3. The number of hydrogen-bond donors (Lipinski definition) is 4. The Morgan fingerprint density at radius 3 is 2.32 bits per heavy atom. The van der Waals surface area contributed by atoms with Crippen molar-refractivity contribution in [2.75, 3.05) is 18.4 Å². The molecule has 9 heteroatoms. The maximum Gasteiger partial charge on any atom is 0.316 e. The van der Waals surface area contributed by atoms with Gasteiger partial charge in [-0.1, -0.05) is 81.8 Å².